The molecule has 1 atom stereocenters. The minimum absolute atomic E-state index is 0.294. The lowest BCUT2D eigenvalue weighted by molar-refractivity contribution is 0.153. The van der Waals surface area contributed by atoms with E-state index < -0.39 is 17.7 Å². The van der Waals surface area contributed by atoms with Gasteiger partial charge in [0.15, 0.2) is 0 Å². The molecule has 0 fully saturated rings. The van der Waals surface area contributed by atoms with Crippen molar-refractivity contribution in [2.75, 3.05) is 0 Å². The number of rotatable bonds is 1. The first-order valence-electron chi connectivity index (χ1n) is 5.78. The van der Waals surface area contributed by atoms with Gasteiger partial charge in [-0.25, -0.2) is 13.8 Å². The fraction of sp³-hybridized carbons (Fsp3) is 0.308. The third-order valence-electron chi connectivity index (χ3n) is 3.09. The van der Waals surface area contributed by atoms with Gasteiger partial charge in [0.25, 0.3) is 0 Å². The van der Waals surface area contributed by atoms with E-state index in [-0.39, 0.29) is 0 Å². The molecule has 18 heavy (non-hydrogen) atoms. The maximum absolute atomic E-state index is 13.7. The predicted octanol–water partition coefficient (Wildman–Crippen LogP) is 3.46. The van der Waals surface area contributed by atoms with Crippen LogP contribution in [-0.2, 0) is 6.42 Å². The predicted molar refractivity (Wildman–Crippen MR) is 65.4 cm³/mol. The number of nitrogens with zero attached hydrogens (tertiary/aromatic N) is 1. The number of benzene rings is 1. The van der Waals surface area contributed by atoms with E-state index in [4.69, 9.17) is 0 Å². The molecule has 0 radical (unpaired) electrons. The van der Waals surface area contributed by atoms with Crippen LogP contribution in [0.25, 0.3) is 10.6 Å². The Bertz CT molecular complexity index is 597. The van der Waals surface area contributed by atoms with Crippen LogP contribution >= 0.6 is 11.3 Å². The number of aliphatic hydroxyl groups excluding tert-OH is 1. The molecular formula is C13H11F2NOS. The molecule has 1 aliphatic carbocycles. The molecule has 94 valence electrons. The van der Waals surface area contributed by atoms with Gasteiger partial charge in [-0.05, 0) is 31.4 Å². The summed E-state index contributed by atoms with van der Waals surface area (Å²) in [6, 6.07) is 3.46. The summed E-state index contributed by atoms with van der Waals surface area (Å²) in [6.45, 7) is 0. The van der Waals surface area contributed by atoms with Gasteiger partial charge in [-0.15, -0.1) is 11.3 Å². The maximum atomic E-state index is 13.7. The molecule has 5 heteroatoms. The van der Waals surface area contributed by atoms with Crippen LogP contribution in [0, 0.1) is 11.6 Å². The highest BCUT2D eigenvalue weighted by Gasteiger charge is 2.24. The molecule has 3 rings (SSSR count). The lowest BCUT2D eigenvalue weighted by atomic mass is 10.0. The lowest BCUT2D eigenvalue weighted by Gasteiger charge is -2.14. The molecule has 0 bridgehead atoms. The Balaban J connectivity index is 2.07. The number of fused-ring (bicyclic) bond motifs is 1. The summed E-state index contributed by atoms with van der Waals surface area (Å²) in [7, 11) is 0. The first-order valence-corrected chi connectivity index (χ1v) is 6.60. The number of aryl methyl sites for hydroxylation is 1. The van der Waals surface area contributed by atoms with Crippen molar-refractivity contribution in [3.05, 3.63) is 40.4 Å². The number of hydrogen-bond acceptors (Lipinski definition) is 3. The Morgan fingerprint density at radius 2 is 2.17 bits per heavy atom. The van der Waals surface area contributed by atoms with Crippen molar-refractivity contribution >= 4 is 11.3 Å². The number of thiazole rings is 1. The highest BCUT2D eigenvalue weighted by molar-refractivity contribution is 7.15. The van der Waals surface area contributed by atoms with Crippen LogP contribution in [0.3, 0.4) is 0 Å². The second kappa shape index (κ2) is 4.40. The third-order valence-corrected chi connectivity index (χ3v) is 4.25. The van der Waals surface area contributed by atoms with E-state index in [0.29, 0.717) is 22.7 Å². The Kier molecular flexibility index (Phi) is 2.87. The quantitative estimate of drug-likeness (QED) is 0.858. The molecule has 0 saturated heterocycles. The zero-order valence-electron chi connectivity index (χ0n) is 9.49. The molecule has 1 heterocycles. The van der Waals surface area contributed by atoms with Crippen LogP contribution < -0.4 is 0 Å². The van der Waals surface area contributed by atoms with Crippen molar-refractivity contribution in [1.29, 1.82) is 0 Å². The minimum Gasteiger partial charge on any atom is -0.387 e. The molecule has 2 aromatic rings. The number of aliphatic hydroxyl groups is 1. The van der Waals surface area contributed by atoms with E-state index in [9.17, 15) is 13.9 Å². The summed E-state index contributed by atoms with van der Waals surface area (Å²) >= 11 is 1.38. The SMILES string of the molecule is OC1CCCc2sc(-c3ccc(F)cc3F)nc21. The van der Waals surface area contributed by atoms with Crippen LogP contribution in [0.5, 0.6) is 0 Å². The first kappa shape index (κ1) is 11.7. The van der Waals surface area contributed by atoms with Crippen molar-refractivity contribution in [3.63, 3.8) is 0 Å². The van der Waals surface area contributed by atoms with Crippen LogP contribution in [-0.4, -0.2) is 10.1 Å². The van der Waals surface area contributed by atoms with Crippen LogP contribution in [0.1, 0.15) is 29.5 Å². The fourth-order valence-corrected chi connectivity index (χ4v) is 3.36. The Labute approximate surface area is 107 Å². The van der Waals surface area contributed by atoms with Crippen molar-refractivity contribution in [3.8, 4) is 10.6 Å². The standard InChI is InChI=1S/C13H11F2NOS/c14-7-4-5-8(9(15)6-7)13-16-12-10(17)2-1-3-11(12)18-13/h4-6,10,17H,1-3H2. The zero-order chi connectivity index (χ0) is 12.7. The van der Waals surface area contributed by atoms with Gasteiger partial charge >= 0.3 is 0 Å². The van der Waals surface area contributed by atoms with Crippen LogP contribution in [0.15, 0.2) is 18.2 Å². The minimum atomic E-state index is -0.615. The number of hydrogen-bond donors (Lipinski definition) is 1. The molecular weight excluding hydrogens is 256 g/mol. The van der Waals surface area contributed by atoms with E-state index >= 15 is 0 Å². The Morgan fingerprint density at radius 3 is 2.89 bits per heavy atom. The lowest BCUT2D eigenvalue weighted by Crippen LogP contribution is -2.07. The molecule has 1 aromatic carbocycles. The van der Waals surface area contributed by atoms with Gasteiger partial charge in [-0.1, -0.05) is 0 Å². The van der Waals surface area contributed by atoms with Crippen LogP contribution in [0.2, 0.25) is 0 Å². The smallest absolute Gasteiger partial charge is 0.136 e. The summed E-state index contributed by atoms with van der Waals surface area (Å²) in [4.78, 5) is 5.31. The maximum Gasteiger partial charge on any atom is 0.136 e. The summed E-state index contributed by atoms with van der Waals surface area (Å²) in [5.74, 6) is -1.21. The summed E-state index contributed by atoms with van der Waals surface area (Å²) in [6.07, 6.45) is 1.93. The van der Waals surface area contributed by atoms with Gasteiger partial charge in [0, 0.05) is 16.5 Å². The van der Waals surface area contributed by atoms with Gasteiger partial charge in [-0.2, -0.15) is 0 Å². The van der Waals surface area contributed by atoms with Gasteiger partial charge in [0.2, 0.25) is 0 Å². The zero-order valence-corrected chi connectivity index (χ0v) is 10.3. The van der Waals surface area contributed by atoms with Gasteiger partial charge in [-0.3, -0.25) is 0 Å². The van der Waals surface area contributed by atoms with E-state index in [0.717, 1.165) is 23.8 Å². The second-order valence-corrected chi connectivity index (χ2v) is 5.44. The topological polar surface area (TPSA) is 33.1 Å². The van der Waals surface area contributed by atoms with Crippen LogP contribution in [0.4, 0.5) is 8.78 Å². The van der Waals surface area contributed by atoms with E-state index in [1.165, 1.54) is 23.5 Å². The first-order chi connectivity index (χ1) is 8.65. The number of aromatic nitrogens is 1. The van der Waals surface area contributed by atoms with Crippen molar-refractivity contribution in [1.82, 2.24) is 4.98 Å². The highest BCUT2D eigenvalue weighted by atomic mass is 32.1. The average molecular weight is 267 g/mol. The van der Waals surface area contributed by atoms with Gasteiger partial charge < -0.3 is 5.11 Å². The molecule has 0 amide bonds. The van der Waals surface area contributed by atoms with E-state index in [1.807, 2.05) is 0 Å². The molecule has 0 saturated carbocycles. The Hall–Kier alpha value is -1.33. The van der Waals surface area contributed by atoms with Gasteiger partial charge in [0.05, 0.1) is 11.8 Å². The average Bonchev–Trinajstić information content (AvgIpc) is 2.74. The third kappa shape index (κ3) is 1.93. The summed E-state index contributed by atoms with van der Waals surface area (Å²) in [5, 5.41) is 10.3. The summed E-state index contributed by atoms with van der Waals surface area (Å²) in [5.41, 5.74) is 0.952. The highest BCUT2D eigenvalue weighted by Crippen LogP contribution is 2.37. The molecule has 1 unspecified atom stereocenters. The molecule has 1 N–H and O–H groups in total. The fourth-order valence-electron chi connectivity index (χ4n) is 2.17. The molecule has 1 aromatic heterocycles. The normalized spacial score (nSPS) is 18.7. The molecule has 2 nitrogen and oxygen atoms in total. The molecule has 1 aliphatic rings. The van der Waals surface area contributed by atoms with E-state index in [1.54, 1.807) is 0 Å². The molecule has 0 spiro atoms. The largest absolute Gasteiger partial charge is 0.387 e. The molecule has 0 aliphatic heterocycles. The van der Waals surface area contributed by atoms with E-state index in [2.05, 4.69) is 4.98 Å². The summed E-state index contributed by atoms with van der Waals surface area (Å²) < 4.78 is 26.5. The van der Waals surface area contributed by atoms with Crippen molar-refractivity contribution in [2.24, 2.45) is 0 Å². The van der Waals surface area contributed by atoms with Crippen molar-refractivity contribution < 1.29 is 13.9 Å². The Morgan fingerprint density at radius 1 is 1.33 bits per heavy atom. The second-order valence-electron chi connectivity index (χ2n) is 4.36. The monoisotopic (exact) mass is 267 g/mol. The van der Waals surface area contributed by atoms with Crippen molar-refractivity contribution in [2.45, 2.75) is 25.4 Å². The van der Waals surface area contributed by atoms with Gasteiger partial charge in [0.1, 0.15) is 16.6 Å². The number of halogens is 2.